The summed E-state index contributed by atoms with van der Waals surface area (Å²) < 4.78 is 0. The number of carbonyl (C=O) groups is 3. The Morgan fingerprint density at radius 3 is 2.60 bits per heavy atom. The Hall–Kier alpha value is -2.95. The predicted molar refractivity (Wildman–Crippen MR) is 92.5 cm³/mol. The van der Waals surface area contributed by atoms with E-state index in [-0.39, 0.29) is 23.8 Å². The topological polar surface area (TPSA) is 57.7 Å². The number of imide groups is 1. The van der Waals surface area contributed by atoms with Crippen LogP contribution in [0.15, 0.2) is 42.5 Å². The number of amides is 3. The molecule has 0 saturated heterocycles. The minimum absolute atomic E-state index is 0.0389. The minimum atomic E-state index is -0.358. The normalized spacial score (nSPS) is 18.3. The summed E-state index contributed by atoms with van der Waals surface area (Å²) in [5.74, 6) is -0.820. The molecule has 0 radical (unpaired) electrons. The van der Waals surface area contributed by atoms with Crippen molar-refractivity contribution in [3.8, 4) is 0 Å². The van der Waals surface area contributed by atoms with E-state index in [0.29, 0.717) is 16.7 Å². The van der Waals surface area contributed by atoms with Gasteiger partial charge in [0, 0.05) is 19.7 Å². The van der Waals surface area contributed by atoms with E-state index in [9.17, 15) is 14.4 Å². The molecule has 1 aliphatic heterocycles. The second kappa shape index (κ2) is 5.55. The van der Waals surface area contributed by atoms with Crippen LogP contribution in [-0.2, 0) is 6.42 Å². The first-order chi connectivity index (χ1) is 12.0. The molecule has 0 spiro atoms. The molecule has 2 aliphatic rings. The fraction of sp³-hybridized carbons (Fsp3) is 0.250. The second-order valence-corrected chi connectivity index (χ2v) is 6.60. The van der Waals surface area contributed by atoms with Crippen LogP contribution in [0, 0.1) is 0 Å². The first-order valence-electron chi connectivity index (χ1n) is 8.30. The Labute approximate surface area is 145 Å². The molecule has 1 aliphatic carbocycles. The van der Waals surface area contributed by atoms with Gasteiger partial charge in [0.2, 0.25) is 0 Å². The number of hydrogen-bond acceptors (Lipinski definition) is 3. The van der Waals surface area contributed by atoms with Gasteiger partial charge in [0.05, 0.1) is 17.2 Å². The molecule has 0 saturated carbocycles. The maximum absolute atomic E-state index is 12.9. The number of nitrogens with zero attached hydrogens (tertiary/aromatic N) is 2. The average Bonchev–Trinajstić information content (AvgIpc) is 3.16. The molecule has 5 nitrogen and oxygen atoms in total. The number of hydrogen-bond donors (Lipinski definition) is 0. The second-order valence-electron chi connectivity index (χ2n) is 6.60. The Bertz CT molecular complexity index is 919. The fourth-order valence-electron chi connectivity index (χ4n) is 3.78. The van der Waals surface area contributed by atoms with Crippen LogP contribution in [0.1, 0.15) is 54.7 Å². The van der Waals surface area contributed by atoms with Crippen LogP contribution >= 0.6 is 0 Å². The maximum atomic E-state index is 12.9. The average molecular weight is 334 g/mol. The van der Waals surface area contributed by atoms with Crippen LogP contribution in [0.2, 0.25) is 0 Å². The molecule has 5 heteroatoms. The summed E-state index contributed by atoms with van der Waals surface area (Å²) in [6.45, 7) is 0. The highest BCUT2D eigenvalue weighted by molar-refractivity contribution is 6.21. The zero-order valence-electron chi connectivity index (χ0n) is 14.2. The molecule has 0 aromatic heterocycles. The predicted octanol–water partition coefficient (Wildman–Crippen LogP) is 2.67. The molecular weight excluding hydrogens is 316 g/mol. The Morgan fingerprint density at radius 1 is 1.08 bits per heavy atom. The number of rotatable bonds is 2. The lowest BCUT2D eigenvalue weighted by atomic mass is 10.0. The van der Waals surface area contributed by atoms with Gasteiger partial charge in [0.1, 0.15) is 0 Å². The summed E-state index contributed by atoms with van der Waals surface area (Å²) in [5, 5.41) is 0. The Kier molecular flexibility index (Phi) is 3.46. The van der Waals surface area contributed by atoms with Crippen molar-refractivity contribution in [3.05, 3.63) is 70.3 Å². The molecule has 0 bridgehead atoms. The van der Waals surface area contributed by atoms with Crippen molar-refractivity contribution >= 4 is 17.7 Å². The first kappa shape index (κ1) is 15.6. The van der Waals surface area contributed by atoms with Crippen molar-refractivity contribution < 1.29 is 14.4 Å². The summed E-state index contributed by atoms with van der Waals surface area (Å²) in [6, 6.07) is 13.0. The summed E-state index contributed by atoms with van der Waals surface area (Å²) in [7, 11) is 3.25. The molecule has 1 unspecified atom stereocenters. The molecule has 4 rings (SSSR count). The van der Waals surface area contributed by atoms with Crippen LogP contribution in [0.3, 0.4) is 0 Å². The van der Waals surface area contributed by atoms with E-state index < -0.39 is 0 Å². The van der Waals surface area contributed by atoms with Crippen molar-refractivity contribution in [1.82, 2.24) is 9.80 Å². The lowest BCUT2D eigenvalue weighted by Crippen LogP contribution is -2.30. The van der Waals surface area contributed by atoms with Crippen LogP contribution < -0.4 is 0 Å². The third kappa shape index (κ3) is 2.27. The molecule has 0 N–H and O–H groups in total. The Balaban J connectivity index is 1.65. The van der Waals surface area contributed by atoms with Gasteiger partial charge in [-0.3, -0.25) is 19.3 Å². The summed E-state index contributed by atoms with van der Waals surface area (Å²) in [4.78, 5) is 39.9. The zero-order valence-corrected chi connectivity index (χ0v) is 14.2. The molecule has 1 heterocycles. The van der Waals surface area contributed by atoms with E-state index in [2.05, 4.69) is 12.1 Å². The highest BCUT2D eigenvalue weighted by atomic mass is 16.2. The van der Waals surface area contributed by atoms with Crippen molar-refractivity contribution in [2.45, 2.75) is 18.9 Å². The van der Waals surface area contributed by atoms with E-state index in [0.717, 1.165) is 17.7 Å². The molecule has 1 atom stereocenters. The minimum Gasteiger partial charge on any atom is -0.335 e. The number of aryl methyl sites for hydroxylation is 1. The summed E-state index contributed by atoms with van der Waals surface area (Å²) in [5.41, 5.74) is 3.56. The van der Waals surface area contributed by atoms with Crippen molar-refractivity contribution in [3.63, 3.8) is 0 Å². The van der Waals surface area contributed by atoms with Crippen LogP contribution in [-0.4, -0.2) is 41.6 Å². The summed E-state index contributed by atoms with van der Waals surface area (Å²) >= 11 is 0. The van der Waals surface area contributed by atoms with E-state index in [1.165, 1.54) is 18.2 Å². The largest absolute Gasteiger partial charge is 0.335 e. The van der Waals surface area contributed by atoms with Crippen molar-refractivity contribution in [2.75, 3.05) is 14.1 Å². The van der Waals surface area contributed by atoms with E-state index in [1.54, 1.807) is 30.1 Å². The SMILES string of the molecule is CN1C(=O)c2ccc(C(=O)N(C)C3CCc4ccccc43)cc2C1=O. The summed E-state index contributed by atoms with van der Waals surface area (Å²) in [6.07, 6.45) is 1.85. The van der Waals surface area contributed by atoms with E-state index in [1.807, 2.05) is 12.1 Å². The molecule has 0 fully saturated rings. The lowest BCUT2D eigenvalue weighted by Gasteiger charge is -2.25. The van der Waals surface area contributed by atoms with Gasteiger partial charge in [-0.25, -0.2) is 0 Å². The van der Waals surface area contributed by atoms with Crippen LogP contribution in [0.25, 0.3) is 0 Å². The van der Waals surface area contributed by atoms with Crippen molar-refractivity contribution in [2.24, 2.45) is 0 Å². The number of benzene rings is 2. The van der Waals surface area contributed by atoms with Crippen molar-refractivity contribution in [1.29, 1.82) is 0 Å². The van der Waals surface area contributed by atoms with Gasteiger partial charge in [-0.15, -0.1) is 0 Å². The van der Waals surface area contributed by atoms with Gasteiger partial charge < -0.3 is 4.90 Å². The molecule has 3 amide bonds. The zero-order chi connectivity index (χ0) is 17.7. The molecule has 2 aromatic rings. The van der Waals surface area contributed by atoms with Gasteiger partial charge >= 0.3 is 0 Å². The smallest absolute Gasteiger partial charge is 0.261 e. The van der Waals surface area contributed by atoms with Gasteiger partial charge in [0.15, 0.2) is 0 Å². The standard InChI is InChI=1S/C20H18N2O3/c1-21(17-10-8-12-5-3-4-6-14(12)17)18(23)13-7-9-15-16(11-13)20(25)22(2)19(15)24/h3-7,9,11,17H,8,10H2,1-2H3. The van der Waals surface area contributed by atoms with E-state index >= 15 is 0 Å². The molecule has 126 valence electrons. The number of carbonyl (C=O) groups excluding carboxylic acids is 3. The quantitative estimate of drug-likeness (QED) is 0.794. The van der Waals surface area contributed by atoms with Gasteiger partial charge in [-0.1, -0.05) is 24.3 Å². The van der Waals surface area contributed by atoms with E-state index in [4.69, 9.17) is 0 Å². The number of fused-ring (bicyclic) bond motifs is 2. The fourth-order valence-corrected chi connectivity index (χ4v) is 3.78. The lowest BCUT2D eigenvalue weighted by molar-refractivity contribution is 0.0692. The van der Waals surface area contributed by atoms with Gasteiger partial charge in [0.25, 0.3) is 17.7 Å². The molecular formula is C20H18N2O3. The monoisotopic (exact) mass is 334 g/mol. The third-order valence-electron chi connectivity index (χ3n) is 5.23. The van der Waals surface area contributed by atoms with Gasteiger partial charge in [-0.05, 0) is 42.2 Å². The van der Waals surface area contributed by atoms with Crippen LogP contribution in [0.5, 0.6) is 0 Å². The molecule has 25 heavy (non-hydrogen) atoms. The van der Waals surface area contributed by atoms with Gasteiger partial charge in [-0.2, -0.15) is 0 Å². The van der Waals surface area contributed by atoms with Crippen LogP contribution in [0.4, 0.5) is 0 Å². The highest BCUT2D eigenvalue weighted by Crippen LogP contribution is 2.35. The Morgan fingerprint density at radius 2 is 1.80 bits per heavy atom. The first-order valence-corrected chi connectivity index (χ1v) is 8.30. The highest BCUT2D eigenvalue weighted by Gasteiger charge is 2.34. The maximum Gasteiger partial charge on any atom is 0.261 e. The third-order valence-corrected chi connectivity index (χ3v) is 5.23. The molecule has 2 aromatic carbocycles.